The highest BCUT2D eigenvalue weighted by molar-refractivity contribution is 6.30. The molecule has 0 saturated carbocycles. The lowest BCUT2D eigenvalue weighted by atomic mass is 10.1. The van der Waals surface area contributed by atoms with Gasteiger partial charge in [0.1, 0.15) is 0 Å². The predicted molar refractivity (Wildman–Crippen MR) is 154 cm³/mol. The first-order chi connectivity index (χ1) is 19.1. The molecule has 0 radical (unpaired) electrons. The zero-order chi connectivity index (χ0) is 27.7. The quantitative estimate of drug-likeness (QED) is 0.117. The van der Waals surface area contributed by atoms with Crippen molar-refractivity contribution in [3.8, 4) is 0 Å². The summed E-state index contributed by atoms with van der Waals surface area (Å²) in [5.74, 6) is 1.09. The molecule has 208 valence electrons. The molecule has 1 aromatic heterocycles. The summed E-state index contributed by atoms with van der Waals surface area (Å²) < 4.78 is 10.6. The number of benzene rings is 2. The van der Waals surface area contributed by atoms with Crippen molar-refractivity contribution in [1.82, 2.24) is 20.3 Å². The maximum absolute atomic E-state index is 12.4. The minimum Gasteiger partial charge on any atom is -0.378 e. The highest BCUT2D eigenvalue weighted by Gasteiger charge is 2.08. The number of anilines is 3. The van der Waals surface area contributed by atoms with E-state index in [1.807, 2.05) is 36.4 Å². The SMILES string of the molecule is C=CCNc1nc(NCc2ccc(Cl)cc2)nc(NCc2ccc(C(=O)NCCOCCOCCN)cc2)n1. The molecule has 0 aliphatic rings. The summed E-state index contributed by atoms with van der Waals surface area (Å²) in [6, 6.07) is 14.9. The Labute approximate surface area is 233 Å². The number of nitrogens with two attached hydrogens (primary N) is 1. The molecule has 3 rings (SSSR count). The van der Waals surface area contributed by atoms with Crippen LogP contribution in [-0.2, 0) is 22.6 Å². The molecule has 6 N–H and O–H groups in total. The Morgan fingerprint density at radius 1 is 0.821 bits per heavy atom. The van der Waals surface area contributed by atoms with Crippen LogP contribution in [0.2, 0.25) is 5.02 Å². The van der Waals surface area contributed by atoms with Crippen molar-refractivity contribution >= 4 is 35.4 Å². The van der Waals surface area contributed by atoms with E-state index in [-0.39, 0.29) is 5.91 Å². The number of hydrogen-bond acceptors (Lipinski definition) is 10. The van der Waals surface area contributed by atoms with E-state index in [1.54, 1.807) is 18.2 Å². The monoisotopic (exact) mass is 554 g/mol. The fourth-order valence-corrected chi connectivity index (χ4v) is 3.39. The molecule has 0 spiro atoms. The van der Waals surface area contributed by atoms with Crippen LogP contribution in [0.3, 0.4) is 0 Å². The normalized spacial score (nSPS) is 10.6. The fraction of sp³-hybridized carbons (Fsp3) is 0.333. The third kappa shape index (κ3) is 11.2. The molecule has 1 amide bonds. The summed E-state index contributed by atoms with van der Waals surface area (Å²) in [6.07, 6.45) is 1.72. The molecule has 0 bridgehead atoms. The third-order valence-corrected chi connectivity index (χ3v) is 5.49. The van der Waals surface area contributed by atoms with Gasteiger partial charge in [0.15, 0.2) is 0 Å². The molecular formula is C27H35ClN8O3. The second-order valence-electron chi connectivity index (χ2n) is 8.28. The molecule has 0 aliphatic carbocycles. The van der Waals surface area contributed by atoms with Gasteiger partial charge >= 0.3 is 0 Å². The number of aromatic nitrogens is 3. The largest absolute Gasteiger partial charge is 0.378 e. The number of nitrogens with one attached hydrogen (secondary N) is 4. The van der Waals surface area contributed by atoms with Gasteiger partial charge in [0.25, 0.3) is 5.91 Å². The number of nitrogens with zero attached hydrogens (tertiary/aromatic N) is 3. The Morgan fingerprint density at radius 3 is 1.92 bits per heavy atom. The first kappa shape index (κ1) is 29.8. The molecule has 0 atom stereocenters. The summed E-state index contributed by atoms with van der Waals surface area (Å²) >= 11 is 5.97. The first-order valence-electron chi connectivity index (χ1n) is 12.6. The van der Waals surface area contributed by atoms with Crippen molar-refractivity contribution in [2.24, 2.45) is 5.73 Å². The number of carbonyl (C=O) groups is 1. The van der Waals surface area contributed by atoms with Crippen molar-refractivity contribution in [3.63, 3.8) is 0 Å². The molecule has 1 heterocycles. The van der Waals surface area contributed by atoms with E-state index in [1.165, 1.54) is 0 Å². The second kappa shape index (κ2) is 16.9. The van der Waals surface area contributed by atoms with Gasteiger partial charge in [-0.3, -0.25) is 4.79 Å². The van der Waals surface area contributed by atoms with Crippen LogP contribution in [0.5, 0.6) is 0 Å². The Hall–Kier alpha value is -3.77. The van der Waals surface area contributed by atoms with Crippen LogP contribution < -0.4 is 27.0 Å². The molecule has 0 unspecified atom stereocenters. The van der Waals surface area contributed by atoms with Gasteiger partial charge in [0.05, 0.1) is 26.4 Å². The summed E-state index contributed by atoms with van der Waals surface area (Å²) in [5.41, 5.74) is 7.92. The maximum Gasteiger partial charge on any atom is 0.251 e. The number of hydrogen-bond donors (Lipinski definition) is 5. The highest BCUT2D eigenvalue weighted by atomic mass is 35.5. The number of halogens is 1. The molecule has 39 heavy (non-hydrogen) atoms. The second-order valence-corrected chi connectivity index (χ2v) is 8.71. The summed E-state index contributed by atoms with van der Waals surface area (Å²) in [7, 11) is 0. The van der Waals surface area contributed by atoms with Crippen molar-refractivity contribution in [3.05, 3.63) is 82.9 Å². The van der Waals surface area contributed by atoms with Gasteiger partial charge in [-0.05, 0) is 35.4 Å². The van der Waals surface area contributed by atoms with Gasteiger partial charge < -0.3 is 36.5 Å². The van der Waals surface area contributed by atoms with Crippen molar-refractivity contribution in [2.45, 2.75) is 13.1 Å². The molecular weight excluding hydrogens is 520 g/mol. The van der Waals surface area contributed by atoms with E-state index in [0.717, 1.165) is 11.1 Å². The van der Waals surface area contributed by atoms with E-state index in [2.05, 4.69) is 42.8 Å². The van der Waals surface area contributed by atoms with Crippen LogP contribution in [0, 0.1) is 0 Å². The number of amides is 1. The first-order valence-corrected chi connectivity index (χ1v) is 13.0. The standard InChI is InChI=1S/C27H35ClN8O3/c1-2-12-31-25-34-26(36-27(35-25)33-19-21-5-9-23(28)10-6-21)32-18-20-3-7-22(8-4-20)24(37)30-13-15-39-17-16-38-14-11-29/h2-10H,1,11-19,29H2,(H,30,37)(H3,31,32,33,34,35,36). The van der Waals surface area contributed by atoms with E-state index in [4.69, 9.17) is 26.8 Å². The van der Waals surface area contributed by atoms with Gasteiger partial charge in [0, 0.05) is 43.3 Å². The van der Waals surface area contributed by atoms with Crippen LogP contribution in [0.15, 0.2) is 61.2 Å². The summed E-state index contributed by atoms with van der Waals surface area (Å²) in [5, 5.41) is 13.0. The van der Waals surface area contributed by atoms with Crippen LogP contribution in [0.4, 0.5) is 17.8 Å². The Bertz CT molecular complexity index is 1160. The fourth-order valence-electron chi connectivity index (χ4n) is 3.26. The van der Waals surface area contributed by atoms with E-state index in [0.29, 0.717) is 87.6 Å². The average Bonchev–Trinajstić information content (AvgIpc) is 2.96. The lowest BCUT2D eigenvalue weighted by molar-refractivity contribution is 0.0511. The van der Waals surface area contributed by atoms with Crippen LogP contribution >= 0.6 is 11.6 Å². The molecule has 0 fully saturated rings. The molecule has 2 aromatic carbocycles. The smallest absolute Gasteiger partial charge is 0.251 e. The molecule has 0 aliphatic heterocycles. The number of ether oxygens (including phenoxy) is 2. The van der Waals surface area contributed by atoms with Gasteiger partial charge in [-0.15, -0.1) is 6.58 Å². The Balaban J connectivity index is 1.49. The Kier molecular flexibility index (Phi) is 12.9. The van der Waals surface area contributed by atoms with Gasteiger partial charge in [0.2, 0.25) is 17.8 Å². The number of carbonyl (C=O) groups excluding carboxylic acids is 1. The minimum absolute atomic E-state index is 0.163. The summed E-state index contributed by atoms with van der Waals surface area (Å²) in [6.45, 7) is 7.99. The van der Waals surface area contributed by atoms with E-state index >= 15 is 0 Å². The predicted octanol–water partition coefficient (Wildman–Crippen LogP) is 3.07. The molecule has 12 heteroatoms. The van der Waals surface area contributed by atoms with E-state index in [9.17, 15) is 4.79 Å². The van der Waals surface area contributed by atoms with Crippen LogP contribution in [0.25, 0.3) is 0 Å². The number of rotatable bonds is 18. The average molecular weight is 555 g/mol. The summed E-state index contributed by atoms with van der Waals surface area (Å²) in [4.78, 5) is 25.7. The van der Waals surface area contributed by atoms with Gasteiger partial charge in [-0.1, -0.05) is 41.9 Å². The molecule has 0 saturated heterocycles. The zero-order valence-electron chi connectivity index (χ0n) is 21.8. The van der Waals surface area contributed by atoms with Crippen molar-refractivity contribution < 1.29 is 14.3 Å². The zero-order valence-corrected chi connectivity index (χ0v) is 22.5. The molecule has 3 aromatic rings. The topological polar surface area (TPSA) is 148 Å². The highest BCUT2D eigenvalue weighted by Crippen LogP contribution is 2.14. The van der Waals surface area contributed by atoms with Crippen LogP contribution in [-0.4, -0.2) is 66.9 Å². The molecule has 11 nitrogen and oxygen atoms in total. The Morgan fingerprint density at radius 2 is 1.36 bits per heavy atom. The third-order valence-electron chi connectivity index (χ3n) is 5.24. The van der Waals surface area contributed by atoms with Gasteiger partial charge in [-0.2, -0.15) is 15.0 Å². The lowest BCUT2D eigenvalue weighted by Gasteiger charge is -2.11. The van der Waals surface area contributed by atoms with Gasteiger partial charge in [-0.25, -0.2) is 0 Å². The van der Waals surface area contributed by atoms with Crippen molar-refractivity contribution in [1.29, 1.82) is 0 Å². The van der Waals surface area contributed by atoms with Crippen molar-refractivity contribution in [2.75, 3.05) is 62.0 Å². The lowest BCUT2D eigenvalue weighted by Crippen LogP contribution is -2.27. The van der Waals surface area contributed by atoms with Crippen LogP contribution in [0.1, 0.15) is 21.5 Å². The van der Waals surface area contributed by atoms with E-state index < -0.39 is 0 Å². The maximum atomic E-state index is 12.4. The minimum atomic E-state index is -0.163.